The van der Waals surface area contributed by atoms with Gasteiger partial charge in [-0.1, -0.05) is 22.9 Å². The molecule has 0 spiro atoms. The van der Waals surface area contributed by atoms with Gasteiger partial charge in [-0.3, -0.25) is 19.7 Å². The van der Waals surface area contributed by atoms with Gasteiger partial charge in [0.25, 0.3) is 0 Å². The quantitative estimate of drug-likeness (QED) is 0.194. The third-order valence-electron chi connectivity index (χ3n) is 3.79. The van der Waals surface area contributed by atoms with E-state index in [1.807, 2.05) is 18.2 Å². The van der Waals surface area contributed by atoms with E-state index in [2.05, 4.69) is 15.6 Å². The van der Waals surface area contributed by atoms with E-state index in [0.29, 0.717) is 37.2 Å². The predicted molar refractivity (Wildman–Crippen MR) is 116 cm³/mol. The van der Waals surface area contributed by atoms with Crippen LogP contribution < -0.4 is 10.6 Å². The summed E-state index contributed by atoms with van der Waals surface area (Å²) in [6.45, 7) is 0.825. The number of benzene rings is 1. The summed E-state index contributed by atoms with van der Waals surface area (Å²) in [4.78, 5) is 38.0. The number of rotatable bonds is 12. The molecule has 0 unspecified atom stereocenters. The molecule has 0 fully saturated rings. The van der Waals surface area contributed by atoms with Crippen LogP contribution in [0.3, 0.4) is 0 Å². The highest BCUT2D eigenvalue weighted by molar-refractivity contribution is 8.76. The normalized spacial score (nSPS) is 10.4. The average Bonchev–Trinajstić information content (AvgIpc) is 2.73. The molecule has 0 atom stereocenters. The highest BCUT2D eigenvalue weighted by Gasteiger charge is 2.14. The van der Waals surface area contributed by atoms with Crippen LogP contribution in [0, 0.1) is 10.1 Å². The van der Waals surface area contributed by atoms with Gasteiger partial charge in [0.15, 0.2) is 5.75 Å². The minimum Gasteiger partial charge on any atom is -0.502 e. The fourth-order valence-electron chi connectivity index (χ4n) is 2.34. The zero-order valence-electron chi connectivity index (χ0n) is 16.1. The minimum atomic E-state index is -0.699. The molecule has 9 nitrogen and oxygen atoms in total. The molecule has 0 aliphatic heterocycles. The maximum atomic E-state index is 11.9. The molecule has 0 saturated carbocycles. The molecule has 0 radical (unpaired) electrons. The lowest BCUT2D eigenvalue weighted by molar-refractivity contribution is -0.385. The summed E-state index contributed by atoms with van der Waals surface area (Å²) in [5.41, 5.74) is 0.00554. The number of pyridine rings is 1. The molecular weight excluding hydrogens is 428 g/mol. The van der Waals surface area contributed by atoms with Crippen molar-refractivity contribution >= 4 is 39.1 Å². The van der Waals surface area contributed by atoms with Gasteiger partial charge in [0, 0.05) is 37.5 Å². The Morgan fingerprint density at radius 1 is 1.13 bits per heavy atom. The van der Waals surface area contributed by atoms with Gasteiger partial charge in [0.1, 0.15) is 5.03 Å². The van der Waals surface area contributed by atoms with Gasteiger partial charge in [-0.25, -0.2) is 4.98 Å². The first kappa shape index (κ1) is 23.5. The number of hydrogen-bond donors (Lipinski definition) is 3. The molecule has 11 heteroatoms. The Hall–Kier alpha value is -2.79. The number of phenolic OH excluding ortho intramolecular Hbond substituents is 1. The molecule has 1 aromatic heterocycles. The molecular formula is C19H22N4O5S2. The summed E-state index contributed by atoms with van der Waals surface area (Å²) in [7, 11) is 3.09. The Balaban J connectivity index is 1.54. The van der Waals surface area contributed by atoms with E-state index >= 15 is 0 Å². The van der Waals surface area contributed by atoms with E-state index < -0.39 is 16.4 Å². The number of carbonyl (C=O) groups excluding carboxylic acids is 2. The first-order chi connectivity index (χ1) is 14.5. The van der Waals surface area contributed by atoms with Crippen LogP contribution in [-0.4, -0.2) is 45.7 Å². The Kier molecular flexibility index (Phi) is 9.95. The molecule has 0 aliphatic carbocycles. The van der Waals surface area contributed by atoms with Gasteiger partial charge in [-0.2, -0.15) is 0 Å². The third-order valence-corrected chi connectivity index (χ3v) is 6.06. The number of carbonyl (C=O) groups is 2. The summed E-state index contributed by atoms with van der Waals surface area (Å²) in [6, 6.07) is 9.52. The van der Waals surface area contributed by atoms with Gasteiger partial charge < -0.3 is 15.7 Å². The van der Waals surface area contributed by atoms with Crippen molar-refractivity contribution in [1.29, 1.82) is 0 Å². The zero-order valence-corrected chi connectivity index (χ0v) is 17.7. The average molecular weight is 451 g/mol. The van der Waals surface area contributed by atoms with Crippen LogP contribution >= 0.6 is 21.6 Å². The van der Waals surface area contributed by atoms with Crippen LogP contribution in [0.25, 0.3) is 0 Å². The molecule has 2 amide bonds. The Morgan fingerprint density at radius 2 is 1.90 bits per heavy atom. The van der Waals surface area contributed by atoms with Crippen molar-refractivity contribution in [2.45, 2.75) is 24.3 Å². The van der Waals surface area contributed by atoms with E-state index in [9.17, 15) is 24.8 Å². The number of amides is 2. The van der Waals surface area contributed by atoms with Gasteiger partial charge in [0.2, 0.25) is 11.8 Å². The molecule has 30 heavy (non-hydrogen) atoms. The summed E-state index contributed by atoms with van der Waals surface area (Å²) in [5.74, 6) is -0.104. The minimum absolute atomic E-state index is 0.0291. The number of aromatic nitrogens is 1. The molecule has 160 valence electrons. The molecule has 2 rings (SSSR count). The number of aromatic hydroxyl groups is 1. The maximum absolute atomic E-state index is 11.9. The van der Waals surface area contributed by atoms with E-state index in [1.54, 1.807) is 17.0 Å². The number of nitro groups is 1. The zero-order chi connectivity index (χ0) is 21.8. The number of nitrogens with one attached hydrogen (secondary N) is 2. The van der Waals surface area contributed by atoms with E-state index in [1.165, 1.54) is 29.0 Å². The Morgan fingerprint density at radius 3 is 2.60 bits per heavy atom. The van der Waals surface area contributed by atoms with E-state index in [0.717, 1.165) is 5.03 Å². The highest BCUT2D eigenvalue weighted by atomic mass is 33.1. The number of nitro benzene ring substituents is 1. The van der Waals surface area contributed by atoms with E-state index in [4.69, 9.17) is 0 Å². The van der Waals surface area contributed by atoms with Gasteiger partial charge >= 0.3 is 5.69 Å². The standard InChI is InChI=1S/C19H22N4O5S2/c24-16-6-5-14(12-15(16)23(27)28)13-18(26)21-10-3-9-20-17(25)7-11-29-30-19-4-1-2-8-22-19/h1-2,4-6,8,12,24H,3,7,9-11,13H2,(H,20,25)(H,21,26). The summed E-state index contributed by atoms with van der Waals surface area (Å²) in [5, 5.41) is 26.6. The first-order valence-corrected chi connectivity index (χ1v) is 11.5. The van der Waals surface area contributed by atoms with Crippen LogP contribution in [0.2, 0.25) is 0 Å². The fourth-order valence-corrected chi connectivity index (χ4v) is 4.21. The van der Waals surface area contributed by atoms with Crippen molar-refractivity contribution in [2.24, 2.45) is 0 Å². The fraction of sp³-hybridized carbons (Fsp3) is 0.316. The topological polar surface area (TPSA) is 134 Å². The smallest absolute Gasteiger partial charge is 0.310 e. The van der Waals surface area contributed by atoms with Crippen LogP contribution in [-0.2, 0) is 16.0 Å². The largest absolute Gasteiger partial charge is 0.502 e. The van der Waals surface area contributed by atoms with Crippen molar-refractivity contribution in [3.8, 4) is 5.75 Å². The predicted octanol–water partition coefficient (Wildman–Crippen LogP) is 2.69. The van der Waals surface area contributed by atoms with Crippen LogP contribution in [0.5, 0.6) is 5.75 Å². The maximum Gasteiger partial charge on any atom is 0.310 e. The second-order valence-electron chi connectivity index (χ2n) is 6.13. The number of phenols is 1. The number of nitrogens with zero attached hydrogens (tertiary/aromatic N) is 2. The monoisotopic (exact) mass is 450 g/mol. The second kappa shape index (κ2) is 12.7. The van der Waals surface area contributed by atoms with Crippen molar-refractivity contribution in [1.82, 2.24) is 15.6 Å². The second-order valence-corrected chi connectivity index (χ2v) is 8.57. The van der Waals surface area contributed by atoms with Crippen LogP contribution in [0.1, 0.15) is 18.4 Å². The summed E-state index contributed by atoms with van der Waals surface area (Å²) >= 11 is 0. The third kappa shape index (κ3) is 8.70. The van der Waals surface area contributed by atoms with Crippen molar-refractivity contribution in [3.05, 3.63) is 58.3 Å². The highest BCUT2D eigenvalue weighted by Crippen LogP contribution is 2.29. The van der Waals surface area contributed by atoms with Crippen molar-refractivity contribution in [2.75, 3.05) is 18.8 Å². The lowest BCUT2D eigenvalue weighted by atomic mass is 10.1. The van der Waals surface area contributed by atoms with Gasteiger partial charge in [-0.05, 0) is 41.0 Å². The van der Waals surface area contributed by atoms with Crippen molar-refractivity contribution < 1.29 is 19.6 Å². The molecule has 3 N–H and O–H groups in total. The summed E-state index contributed by atoms with van der Waals surface area (Å²) < 4.78 is 0. The lowest BCUT2D eigenvalue weighted by Gasteiger charge is -2.07. The SMILES string of the molecule is O=C(CCSSc1ccccn1)NCCCNC(=O)Cc1ccc(O)c([N+](=O)[O-])c1. The first-order valence-electron chi connectivity index (χ1n) is 9.16. The van der Waals surface area contributed by atoms with Gasteiger partial charge in [-0.15, -0.1) is 0 Å². The molecule has 1 heterocycles. The molecule has 1 aromatic carbocycles. The molecule has 2 aromatic rings. The molecule has 0 aliphatic rings. The van der Waals surface area contributed by atoms with Crippen LogP contribution in [0.15, 0.2) is 47.6 Å². The van der Waals surface area contributed by atoms with Gasteiger partial charge in [0.05, 0.1) is 11.3 Å². The Bertz CT molecular complexity index is 867. The summed E-state index contributed by atoms with van der Waals surface area (Å²) in [6.07, 6.45) is 2.67. The number of hydrogen-bond acceptors (Lipinski definition) is 8. The van der Waals surface area contributed by atoms with Crippen molar-refractivity contribution in [3.63, 3.8) is 0 Å². The molecule has 0 bridgehead atoms. The Labute approximate surface area is 181 Å². The van der Waals surface area contributed by atoms with Crippen LogP contribution in [0.4, 0.5) is 5.69 Å². The van der Waals surface area contributed by atoms with E-state index in [-0.39, 0.29) is 18.2 Å². The lowest BCUT2D eigenvalue weighted by Crippen LogP contribution is -2.30. The molecule has 0 saturated heterocycles.